The van der Waals surface area contributed by atoms with E-state index in [1.165, 1.54) is 37.4 Å². The van der Waals surface area contributed by atoms with Crippen molar-refractivity contribution < 1.29 is 29.4 Å². The number of benzene rings is 2. The Morgan fingerprint density at radius 2 is 1.90 bits per heavy atom. The highest BCUT2D eigenvalue weighted by Gasteiger charge is 2.24. The highest BCUT2D eigenvalue weighted by atomic mass is 19.1. The van der Waals surface area contributed by atoms with Gasteiger partial charge < -0.3 is 20.2 Å². The lowest BCUT2D eigenvalue weighted by atomic mass is 10.1. The molecular formula is C20H14FN3O6. The molecule has 0 saturated carbocycles. The van der Waals surface area contributed by atoms with E-state index in [4.69, 9.17) is 0 Å². The molecule has 0 aliphatic carbocycles. The highest BCUT2D eigenvalue weighted by Crippen LogP contribution is 2.38. The van der Waals surface area contributed by atoms with E-state index in [1.54, 1.807) is 0 Å². The largest absolute Gasteiger partial charge is 0.506 e. The highest BCUT2D eigenvalue weighted by molar-refractivity contribution is 6.03. The fraction of sp³-hybridized carbons (Fsp3) is 0.100. The number of carbonyl (C=O) groups excluding carboxylic acids is 1. The SMILES string of the molecule is CN(CC#Cc1ccc(F)cc1)C(=O)/C(C#N)=C(\O)c1cc(O)c(O)c([N+](=O)[O-])c1. The molecule has 0 heterocycles. The Morgan fingerprint density at radius 1 is 1.27 bits per heavy atom. The molecule has 0 aromatic heterocycles. The first kappa shape index (κ1) is 21.7. The van der Waals surface area contributed by atoms with Crippen molar-refractivity contribution in [2.45, 2.75) is 0 Å². The van der Waals surface area contributed by atoms with Gasteiger partial charge in [0.15, 0.2) is 11.3 Å². The van der Waals surface area contributed by atoms with Gasteiger partial charge in [0, 0.05) is 24.2 Å². The van der Waals surface area contributed by atoms with Crippen molar-refractivity contribution in [1.29, 1.82) is 5.26 Å². The molecule has 0 bridgehead atoms. The lowest BCUT2D eigenvalue weighted by Crippen LogP contribution is -2.28. The van der Waals surface area contributed by atoms with Crippen LogP contribution in [0.2, 0.25) is 0 Å². The summed E-state index contributed by atoms with van der Waals surface area (Å²) >= 11 is 0. The van der Waals surface area contributed by atoms with Gasteiger partial charge in [-0.1, -0.05) is 11.8 Å². The van der Waals surface area contributed by atoms with Gasteiger partial charge in [0.1, 0.15) is 17.6 Å². The minimum Gasteiger partial charge on any atom is -0.506 e. The molecule has 2 aromatic rings. The molecule has 1 amide bonds. The third-order valence-corrected chi connectivity index (χ3v) is 3.84. The second kappa shape index (κ2) is 9.08. The van der Waals surface area contributed by atoms with E-state index in [0.717, 1.165) is 11.0 Å². The molecule has 0 unspecified atom stereocenters. The van der Waals surface area contributed by atoms with E-state index in [-0.39, 0.29) is 6.54 Å². The molecule has 9 nitrogen and oxygen atoms in total. The van der Waals surface area contributed by atoms with Crippen molar-refractivity contribution in [2.75, 3.05) is 13.6 Å². The number of rotatable bonds is 4. The van der Waals surface area contributed by atoms with Gasteiger partial charge >= 0.3 is 5.69 Å². The molecule has 30 heavy (non-hydrogen) atoms. The van der Waals surface area contributed by atoms with Crippen molar-refractivity contribution in [2.24, 2.45) is 0 Å². The summed E-state index contributed by atoms with van der Waals surface area (Å²) in [5.41, 5.74) is -1.57. The number of hydrogen-bond acceptors (Lipinski definition) is 7. The summed E-state index contributed by atoms with van der Waals surface area (Å²) in [5.74, 6) is 1.16. The number of phenolic OH excluding ortho intramolecular Hbond substituents is 2. The van der Waals surface area contributed by atoms with E-state index >= 15 is 0 Å². The number of phenols is 2. The fourth-order valence-corrected chi connectivity index (χ4v) is 2.28. The molecular weight excluding hydrogens is 397 g/mol. The predicted molar refractivity (Wildman–Crippen MR) is 103 cm³/mol. The van der Waals surface area contributed by atoms with Crippen LogP contribution in [-0.4, -0.2) is 44.6 Å². The van der Waals surface area contributed by atoms with Crippen molar-refractivity contribution in [3.63, 3.8) is 0 Å². The molecule has 152 valence electrons. The van der Waals surface area contributed by atoms with E-state index < -0.39 is 50.7 Å². The van der Waals surface area contributed by atoms with Gasteiger partial charge in [0.25, 0.3) is 5.91 Å². The van der Waals surface area contributed by atoms with Gasteiger partial charge in [-0.3, -0.25) is 14.9 Å². The van der Waals surface area contributed by atoms with E-state index in [9.17, 15) is 39.9 Å². The first-order chi connectivity index (χ1) is 14.1. The van der Waals surface area contributed by atoms with Crippen LogP contribution in [0.15, 0.2) is 42.0 Å². The number of nitriles is 1. The summed E-state index contributed by atoms with van der Waals surface area (Å²) in [6.45, 7) is -0.143. The zero-order valence-electron chi connectivity index (χ0n) is 15.5. The summed E-state index contributed by atoms with van der Waals surface area (Å²) in [5, 5.41) is 49.6. The van der Waals surface area contributed by atoms with Gasteiger partial charge in [0.2, 0.25) is 5.75 Å². The Labute approximate surface area is 169 Å². The van der Waals surface area contributed by atoms with Crippen molar-refractivity contribution in [1.82, 2.24) is 4.90 Å². The minimum atomic E-state index is -1.02. The number of aromatic hydroxyl groups is 2. The number of nitro benzene ring substituents is 1. The number of aliphatic hydroxyl groups excluding tert-OH is 1. The Morgan fingerprint density at radius 3 is 2.47 bits per heavy atom. The van der Waals surface area contributed by atoms with Crippen LogP contribution in [0, 0.1) is 39.1 Å². The maximum absolute atomic E-state index is 12.9. The number of amides is 1. The molecule has 10 heteroatoms. The standard InChI is InChI=1S/C20H14FN3O6/c1-23(8-2-3-12-4-6-14(21)7-5-12)20(28)15(11-22)18(26)13-9-16(24(29)30)19(27)17(25)10-13/h4-7,9-10,25-27H,8H2,1H3/b18-15-. The van der Waals surface area contributed by atoms with Gasteiger partial charge in [-0.15, -0.1) is 0 Å². The molecule has 2 aromatic carbocycles. The summed E-state index contributed by atoms with van der Waals surface area (Å²) in [4.78, 5) is 23.4. The van der Waals surface area contributed by atoms with Crippen LogP contribution in [0.4, 0.5) is 10.1 Å². The lowest BCUT2D eigenvalue weighted by molar-refractivity contribution is -0.386. The maximum Gasteiger partial charge on any atom is 0.315 e. The number of aliphatic hydroxyl groups is 1. The third-order valence-electron chi connectivity index (χ3n) is 3.84. The summed E-state index contributed by atoms with van der Waals surface area (Å²) in [6.07, 6.45) is 0. The van der Waals surface area contributed by atoms with E-state index in [2.05, 4.69) is 11.8 Å². The second-order valence-electron chi connectivity index (χ2n) is 5.93. The minimum absolute atomic E-state index is 0.143. The normalized spacial score (nSPS) is 10.8. The lowest BCUT2D eigenvalue weighted by Gasteiger charge is -2.14. The summed E-state index contributed by atoms with van der Waals surface area (Å²) in [7, 11) is 1.31. The van der Waals surface area contributed by atoms with Crippen LogP contribution >= 0.6 is 0 Å². The van der Waals surface area contributed by atoms with Crippen LogP contribution in [0.25, 0.3) is 5.76 Å². The van der Waals surface area contributed by atoms with Crippen LogP contribution in [0.5, 0.6) is 11.5 Å². The number of nitro groups is 1. The molecule has 0 spiro atoms. The van der Waals surface area contributed by atoms with Crippen LogP contribution in [0.3, 0.4) is 0 Å². The number of likely N-dealkylation sites (N-methyl/N-ethyl adjacent to an activating group) is 1. The summed E-state index contributed by atoms with van der Waals surface area (Å²) < 4.78 is 12.9. The zero-order valence-corrected chi connectivity index (χ0v) is 15.5. The molecule has 0 aliphatic rings. The topological polar surface area (TPSA) is 148 Å². The first-order valence-electron chi connectivity index (χ1n) is 8.19. The maximum atomic E-state index is 12.9. The molecule has 3 N–H and O–H groups in total. The molecule has 0 saturated heterocycles. The monoisotopic (exact) mass is 411 g/mol. The Hall–Kier alpha value is -4.57. The van der Waals surface area contributed by atoms with Gasteiger partial charge in [-0.2, -0.15) is 5.26 Å². The van der Waals surface area contributed by atoms with Crippen LogP contribution in [-0.2, 0) is 4.79 Å². The van der Waals surface area contributed by atoms with E-state index in [1.807, 2.05) is 0 Å². The van der Waals surface area contributed by atoms with Crippen molar-refractivity contribution in [3.8, 4) is 29.4 Å². The Balaban J connectivity index is 2.30. The number of hydrogen-bond donors (Lipinski definition) is 3. The third kappa shape index (κ3) is 4.82. The quantitative estimate of drug-likeness (QED) is 0.133. The van der Waals surface area contributed by atoms with E-state index in [0.29, 0.717) is 11.6 Å². The van der Waals surface area contributed by atoms with Crippen LogP contribution in [0.1, 0.15) is 11.1 Å². The molecule has 0 fully saturated rings. The molecule has 2 rings (SSSR count). The number of carbonyl (C=O) groups is 1. The average Bonchev–Trinajstić information content (AvgIpc) is 2.71. The van der Waals surface area contributed by atoms with Crippen LogP contribution < -0.4 is 0 Å². The van der Waals surface area contributed by atoms with Gasteiger partial charge in [-0.05, 0) is 30.3 Å². The van der Waals surface area contributed by atoms with Gasteiger partial charge in [-0.25, -0.2) is 4.39 Å². The zero-order chi connectivity index (χ0) is 22.4. The first-order valence-corrected chi connectivity index (χ1v) is 8.19. The average molecular weight is 411 g/mol. The molecule has 0 aliphatic heterocycles. The molecule has 0 radical (unpaired) electrons. The predicted octanol–water partition coefficient (Wildman–Crippen LogP) is 2.45. The van der Waals surface area contributed by atoms with Crippen molar-refractivity contribution >= 4 is 17.4 Å². The Kier molecular flexibility index (Phi) is 6.58. The van der Waals surface area contributed by atoms with Crippen molar-refractivity contribution in [3.05, 3.63) is 69.0 Å². The van der Waals surface area contributed by atoms with Gasteiger partial charge in [0.05, 0.1) is 11.5 Å². The number of halogens is 1. The fourth-order valence-electron chi connectivity index (χ4n) is 2.28. The number of nitrogens with zero attached hydrogens (tertiary/aromatic N) is 3. The second-order valence-corrected chi connectivity index (χ2v) is 5.93. The summed E-state index contributed by atoms with van der Waals surface area (Å²) in [6, 6.07) is 8.33. The molecule has 0 atom stereocenters. The Bertz CT molecular complexity index is 1140. The smallest absolute Gasteiger partial charge is 0.315 e.